The number of anilines is 1. The molecule has 0 bridgehead atoms. The third-order valence-corrected chi connectivity index (χ3v) is 6.00. The number of rotatable bonds is 6. The normalized spacial score (nSPS) is 10.8. The first-order valence-electron chi connectivity index (χ1n) is 10.1. The van der Waals surface area contributed by atoms with Crippen molar-refractivity contribution in [1.29, 1.82) is 0 Å². The number of aromatic nitrogens is 2. The van der Waals surface area contributed by atoms with Gasteiger partial charge in [0.25, 0.3) is 11.2 Å². The molecule has 1 amide bonds. The van der Waals surface area contributed by atoms with E-state index in [1.54, 1.807) is 30.3 Å². The molecule has 0 aliphatic heterocycles. The van der Waals surface area contributed by atoms with E-state index in [2.05, 4.69) is 10.3 Å². The number of aryl methyl sites for hydroxylation is 2. The SMILES string of the molecule is Cc1ccc(C)c(-n2c(SCC(=O)Nc3ccccc3[N+](=O)[O-])nc3ccccc3c2=O)c1. The van der Waals surface area contributed by atoms with Crippen molar-refractivity contribution in [2.24, 2.45) is 0 Å². The van der Waals surface area contributed by atoms with E-state index >= 15 is 0 Å². The second-order valence-electron chi connectivity index (χ2n) is 7.45. The fraction of sp³-hybridized carbons (Fsp3) is 0.125. The average molecular weight is 461 g/mol. The summed E-state index contributed by atoms with van der Waals surface area (Å²) in [5, 5.41) is 14.6. The third-order valence-electron chi connectivity index (χ3n) is 5.06. The lowest BCUT2D eigenvalue weighted by molar-refractivity contribution is -0.383. The van der Waals surface area contributed by atoms with Crippen molar-refractivity contribution in [1.82, 2.24) is 9.55 Å². The predicted molar refractivity (Wildman–Crippen MR) is 129 cm³/mol. The van der Waals surface area contributed by atoms with Crippen LogP contribution in [0.1, 0.15) is 11.1 Å². The van der Waals surface area contributed by atoms with Crippen LogP contribution in [-0.2, 0) is 4.79 Å². The van der Waals surface area contributed by atoms with Gasteiger partial charge in [-0.2, -0.15) is 0 Å². The van der Waals surface area contributed by atoms with Crippen molar-refractivity contribution < 1.29 is 9.72 Å². The number of carbonyl (C=O) groups is 1. The molecular weight excluding hydrogens is 440 g/mol. The van der Waals surface area contributed by atoms with E-state index in [0.29, 0.717) is 21.7 Å². The lowest BCUT2D eigenvalue weighted by Gasteiger charge is -2.15. The summed E-state index contributed by atoms with van der Waals surface area (Å²) >= 11 is 1.10. The minimum absolute atomic E-state index is 0.0817. The third kappa shape index (κ3) is 4.63. The maximum Gasteiger partial charge on any atom is 0.292 e. The van der Waals surface area contributed by atoms with Crippen LogP contribution in [0.25, 0.3) is 16.6 Å². The highest BCUT2D eigenvalue weighted by Gasteiger charge is 2.18. The molecule has 0 fully saturated rings. The largest absolute Gasteiger partial charge is 0.320 e. The molecule has 9 heteroatoms. The molecule has 0 saturated carbocycles. The van der Waals surface area contributed by atoms with Crippen LogP contribution in [0, 0.1) is 24.0 Å². The van der Waals surface area contributed by atoms with Crippen LogP contribution in [0.2, 0.25) is 0 Å². The van der Waals surface area contributed by atoms with Crippen LogP contribution >= 0.6 is 11.8 Å². The smallest absolute Gasteiger partial charge is 0.292 e. The number of hydrogen-bond acceptors (Lipinski definition) is 6. The molecular formula is C24H20N4O4S. The number of fused-ring (bicyclic) bond motifs is 1. The second-order valence-corrected chi connectivity index (χ2v) is 8.40. The van der Waals surface area contributed by atoms with Gasteiger partial charge < -0.3 is 5.32 Å². The summed E-state index contributed by atoms with van der Waals surface area (Å²) in [4.78, 5) is 41.3. The van der Waals surface area contributed by atoms with Gasteiger partial charge in [0.2, 0.25) is 5.91 Å². The Bertz CT molecular complexity index is 1450. The zero-order valence-corrected chi connectivity index (χ0v) is 18.8. The summed E-state index contributed by atoms with van der Waals surface area (Å²) in [6.07, 6.45) is 0. The standard InChI is InChI=1S/C24H20N4O4S/c1-15-11-12-16(2)21(13-15)27-23(30)17-7-3-4-8-18(17)26-24(27)33-14-22(29)25-19-9-5-6-10-20(19)28(31)32/h3-13H,14H2,1-2H3,(H,25,29). The number of thioether (sulfide) groups is 1. The Morgan fingerprint density at radius 1 is 1.09 bits per heavy atom. The Morgan fingerprint density at radius 3 is 2.61 bits per heavy atom. The Kier molecular flexibility index (Phi) is 6.23. The van der Waals surface area contributed by atoms with Gasteiger partial charge in [-0.1, -0.05) is 48.2 Å². The Labute approximate surface area is 193 Å². The van der Waals surface area contributed by atoms with Crippen LogP contribution in [0.5, 0.6) is 0 Å². The number of nitro benzene ring substituents is 1. The fourth-order valence-electron chi connectivity index (χ4n) is 3.44. The first-order valence-corrected chi connectivity index (χ1v) is 11.1. The van der Waals surface area contributed by atoms with E-state index in [9.17, 15) is 19.7 Å². The van der Waals surface area contributed by atoms with E-state index < -0.39 is 10.8 Å². The number of nitrogens with one attached hydrogen (secondary N) is 1. The zero-order chi connectivity index (χ0) is 23.5. The first kappa shape index (κ1) is 22.2. The van der Waals surface area contributed by atoms with Gasteiger partial charge in [0, 0.05) is 6.07 Å². The van der Waals surface area contributed by atoms with Gasteiger partial charge in [0.1, 0.15) is 5.69 Å². The zero-order valence-electron chi connectivity index (χ0n) is 17.9. The lowest BCUT2D eigenvalue weighted by atomic mass is 10.1. The average Bonchev–Trinajstić information content (AvgIpc) is 2.80. The lowest BCUT2D eigenvalue weighted by Crippen LogP contribution is -2.23. The van der Waals surface area contributed by atoms with Gasteiger partial charge in [-0.05, 0) is 49.2 Å². The fourth-order valence-corrected chi connectivity index (χ4v) is 4.24. The number of hydrogen-bond donors (Lipinski definition) is 1. The summed E-state index contributed by atoms with van der Waals surface area (Å²) in [7, 11) is 0. The molecule has 0 spiro atoms. The highest BCUT2D eigenvalue weighted by Crippen LogP contribution is 2.26. The van der Waals surface area contributed by atoms with Crippen molar-refractivity contribution in [2.45, 2.75) is 19.0 Å². The molecule has 8 nitrogen and oxygen atoms in total. The summed E-state index contributed by atoms with van der Waals surface area (Å²) in [5.74, 6) is -0.522. The van der Waals surface area contributed by atoms with Crippen molar-refractivity contribution >= 4 is 39.9 Å². The second kappa shape index (κ2) is 9.25. The van der Waals surface area contributed by atoms with Gasteiger partial charge in [0.15, 0.2) is 5.16 Å². The van der Waals surface area contributed by atoms with E-state index in [1.165, 1.54) is 22.8 Å². The summed E-state index contributed by atoms with van der Waals surface area (Å²) < 4.78 is 1.52. The van der Waals surface area contributed by atoms with Crippen LogP contribution in [0.4, 0.5) is 11.4 Å². The van der Waals surface area contributed by atoms with Gasteiger partial charge >= 0.3 is 0 Å². The summed E-state index contributed by atoms with van der Waals surface area (Å²) in [5.41, 5.74) is 2.81. The first-order chi connectivity index (χ1) is 15.8. The van der Waals surface area contributed by atoms with Gasteiger partial charge in [-0.15, -0.1) is 0 Å². The molecule has 33 heavy (non-hydrogen) atoms. The number of nitro groups is 1. The molecule has 0 aliphatic carbocycles. The summed E-state index contributed by atoms with van der Waals surface area (Å²) in [6.45, 7) is 3.85. The number of para-hydroxylation sites is 3. The molecule has 166 valence electrons. The van der Waals surface area contributed by atoms with Crippen LogP contribution < -0.4 is 10.9 Å². The van der Waals surface area contributed by atoms with E-state index in [0.717, 1.165) is 22.9 Å². The van der Waals surface area contributed by atoms with Crippen molar-refractivity contribution in [2.75, 3.05) is 11.1 Å². The topological polar surface area (TPSA) is 107 Å². The predicted octanol–water partition coefficient (Wildman–Crippen LogP) is 4.64. The number of benzene rings is 3. The molecule has 1 heterocycles. The van der Waals surface area contributed by atoms with Gasteiger partial charge in [-0.25, -0.2) is 4.98 Å². The minimum Gasteiger partial charge on any atom is -0.320 e. The van der Waals surface area contributed by atoms with E-state index in [4.69, 9.17) is 0 Å². The molecule has 4 rings (SSSR count). The molecule has 0 unspecified atom stereocenters. The monoisotopic (exact) mass is 460 g/mol. The number of amides is 1. The van der Waals surface area contributed by atoms with Gasteiger partial charge in [0.05, 0.1) is 27.3 Å². The highest BCUT2D eigenvalue weighted by molar-refractivity contribution is 7.99. The highest BCUT2D eigenvalue weighted by atomic mass is 32.2. The molecule has 1 N–H and O–H groups in total. The van der Waals surface area contributed by atoms with E-state index in [-0.39, 0.29) is 22.7 Å². The van der Waals surface area contributed by atoms with Crippen LogP contribution in [-0.4, -0.2) is 26.1 Å². The maximum absolute atomic E-state index is 13.4. The van der Waals surface area contributed by atoms with E-state index in [1.807, 2.05) is 32.0 Å². The van der Waals surface area contributed by atoms with Crippen molar-refractivity contribution in [3.63, 3.8) is 0 Å². The molecule has 0 atom stereocenters. The molecule has 3 aromatic carbocycles. The molecule has 0 saturated heterocycles. The van der Waals surface area contributed by atoms with Gasteiger partial charge in [-0.3, -0.25) is 24.3 Å². The molecule has 1 aromatic heterocycles. The maximum atomic E-state index is 13.4. The molecule has 0 aliphatic rings. The van der Waals surface area contributed by atoms with Crippen molar-refractivity contribution in [3.05, 3.63) is 98.3 Å². The summed E-state index contributed by atoms with van der Waals surface area (Å²) in [6, 6.07) is 18.8. The quantitative estimate of drug-likeness (QED) is 0.194. The minimum atomic E-state index is -0.550. The Balaban J connectivity index is 1.70. The molecule has 4 aromatic rings. The number of nitrogens with zero attached hydrogens (tertiary/aromatic N) is 3. The van der Waals surface area contributed by atoms with Crippen LogP contribution in [0.15, 0.2) is 76.7 Å². The Morgan fingerprint density at radius 2 is 1.82 bits per heavy atom. The molecule has 0 radical (unpaired) electrons. The van der Waals surface area contributed by atoms with Crippen LogP contribution in [0.3, 0.4) is 0 Å². The Hall–Kier alpha value is -3.98. The number of carbonyl (C=O) groups excluding carboxylic acids is 1. The van der Waals surface area contributed by atoms with Crippen molar-refractivity contribution in [3.8, 4) is 5.69 Å².